The van der Waals surface area contributed by atoms with E-state index in [1.165, 1.54) is 0 Å². The number of benzene rings is 1. The van der Waals surface area contributed by atoms with Crippen molar-refractivity contribution in [3.63, 3.8) is 0 Å². The highest BCUT2D eigenvalue weighted by atomic mass is 16.5. The first-order valence-corrected chi connectivity index (χ1v) is 7.50. The molecule has 3 rings (SSSR count). The summed E-state index contributed by atoms with van der Waals surface area (Å²) in [6, 6.07) is 6.64. The van der Waals surface area contributed by atoms with Crippen LogP contribution in [-0.2, 0) is 9.53 Å². The van der Waals surface area contributed by atoms with E-state index in [1.54, 1.807) is 6.08 Å². The topological polar surface area (TPSA) is 38.3 Å². The molecule has 0 amide bonds. The molecular formula is C18H21NO2. The van der Waals surface area contributed by atoms with E-state index in [9.17, 15) is 4.79 Å². The fourth-order valence-electron chi connectivity index (χ4n) is 2.61. The van der Waals surface area contributed by atoms with E-state index in [0.29, 0.717) is 23.9 Å². The van der Waals surface area contributed by atoms with Crippen molar-refractivity contribution in [2.45, 2.75) is 45.3 Å². The molecule has 0 radical (unpaired) electrons. The van der Waals surface area contributed by atoms with Gasteiger partial charge in [0.05, 0.1) is 5.57 Å². The van der Waals surface area contributed by atoms with Crippen LogP contribution in [0.4, 0.5) is 0 Å². The lowest BCUT2D eigenvalue weighted by Gasteiger charge is -2.11. The van der Waals surface area contributed by atoms with E-state index in [1.807, 2.05) is 13.8 Å². The molecule has 2 aliphatic rings. The largest absolute Gasteiger partial charge is 0.467 e. The minimum absolute atomic E-state index is 0.0618. The van der Waals surface area contributed by atoms with Gasteiger partial charge < -0.3 is 10.1 Å². The first-order chi connectivity index (χ1) is 10.1. The van der Waals surface area contributed by atoms with E-state index < -0.39 is 6.10 Å². The van der Waals surface area contributed by atoms with E-state index in [2.05, 4.69) is 30.1 Å². The molecule has 3 heteroatoms. The van der Waals surface area contributed by atoms with Gasteiger partial charge in [-0.1, -0.05) is 29.8 Å². The quantitative estimate of drug-likeness (QED) is 0.843. The number of aryl methyl sites for hydroxylation is 2. The van der Waals surface area contributed by atoms with Crippen LogP contribution in [0.5, 0.6) is 0 Å². The van der Waals surface area contributed by atoms with Gasteiger partial charge in [0.15, 0.2) is 12.0 Å². The number of ketones is 1. The van der Waals surface area contributed by atoms with Gasteiger partial charge in [-0.05, 0) is 37.8 Å². The molecule has 0 saturated heterocycles. The second-order valence-electron chi connectivity index (χ2n) is 5.94. The normalized spacial score (nSPS) is 21.4. The Morgan fingerprint density at radius 1 is 1.38 bits per heavy atom. The van der Waals surface area contributed by atoms with Crippen molar-refractivity contribution in [1.82, 2.24) is 5.32 Å². The first kappa shape index (κ1) is 13.9. The fourth-order valence-corrected chi connectivity index (χ4v) is 2.61. The third-order valence-corrected chi connectivity index (χ3v) is 3.98. The zero-order valence-corrected chi connectivity index (χ0v) is 12.6. The van der Waals surface area contributed by atoms with Gasteiger partial charge in [-0.25, -0.2) is 0 Å². The lowest BCUT2D eigenvalue weighted by atomic mass is 9.94. The number of nitrogens with one attached hydrogen (secondary N) is 1. The highest BCUT2D eigenvalue weighted by Gasteiger charge is 2.37. The van der Waals surface area contributed by atoms with E-state index in [0.717, 1.165) is 29.5 Å². The lowest BCUT2D eigenvalue weighted by Crippen LogP contribution is -2.19. The minimum atomic E-state index is -0.432. The second-order valence-corrected chi connectivity index (χ2v) is 5.94. The predicted molar refractivity (Wildman–Crippen MR) is 83.7 cm³/mol. The summed E-state index contributed by atoms with van der Waals surface area (Å²) in [6.45, 7) is 7.79. The monoisotopic (exact) mass is 283 g/mol. The maximum atomic E-state index is 12.7. The molecule has 1 aliphatic heterocycles. The third-order valence-electron chi connectivity index (χ3n) is 3.98. The Labute approximate surface area is 125 Å². The van der Waals surface area contributed by atoms with Crippen molar-refractivity contribution >= 4 is 11.4 Å². The van der Waals surface area contributed by atoms with Crippen molar-refractivity contribution in [3.8, 4) is 0 Å². The molecular weight excluding hydrogens is 262 g/mol. The smallest absolute Gasteiger partial charge is 0.209 e. The molecule has 0 aromatic heterocycles. The number of carbonyl (C=O) groups is 1. The van der Waals surface area contributed by atoms with Crippen LogP contribution >= 0.6 is 0 Å². The van der Waals surface area contributed by atoms with Crippen molar-refractivity contribution < 1.29 is 9.53 Å². The van der Waals surface area contributed by atoms with Gasteiger partial charge in [0.2, 0.25) is 5.78 Å². The summed E-state index contributed by atoms with van der Waals surface area (Å²) in [5, 5.41) is 3.37. The molecule has 1 N–H and O–H groups in total. The van der Waals surface area contributed by atoms with Crippen LogP contribution in [0.3, 0.4) is 0 Å². The van der Waals surface area contributed by atoms with Crippen LogP contribution in [0.2, 0.25) is 0 Å². The van der Waals surface area contributed by atoms with Crippen molar-refractivity contribution in [2.24, 2.45) is 0 Å². The Morgan fingerprint density at radius 2 is 2.14 bits per heavy atom. The maximum Gasteiger partial charge on any atom is 0.209 e. The summed E-state index contributed by atoms with van der Waals surface area (Å²) in [7, 11) is 0. The highest BCUT2D eigenvalue weighted by Crippen LogP contribution is 2.34. The van der Waals surface area contributed by atoms with Gasteiger partial charge in [-0.2, -0.15) is 0 Å². The maximum absolute atomic E-state index is 12.7. The molecule has 1 aromatic carbocycles. The number of hydrogen-bond acceptors (Lipinski definition) is 3. The molecule has 1 aliphatic carbocycles. The lowest BCUT2D eigenvalue weighted by molar-refractivity contribution is -0.119. The Balaban J connectivity index is 2.02. The fraction of sp³-hybridized carbons (Fsp3) is 0.389. The molecule has 3 nitrogen and oxygen atoms in total. The average Bonchev–Trinajstić information content (AvgIpc) is 3.20. The molecule has 21 heavy (non-hydrogen) atoms. The van der Waals surface area contributed by atoms with E-state index in [4.69, 9.17) is 4.74 Å². The van der Waals surface area contributed by atoms with Crippen LogP contribution in [-0.4, -0.2) is 17.9 Å². The van der Waals surface area contributed by atoms with Crippen molar-refractivity contribution in [3.05, 3.63) is 53.4 Å². The summed E-state index contributed by atoms with van der Waals surface area (Å²) in [5.41, 5.74) is 3.93. The summed E-state index contributed by atoms with van der Waals surface area (Å²) < 4.78 is 5.87. The molecule has 1 aromatic rings. The van der Waals surface area contributed by atoms with Crippen LogP contribution in [0.25, 0.3) is 5.57 Å². The average molecular weight is 283 g/mol. The van der Waals surface area contributed by atoms with Gasteiger partial charge in [-0.3, -0.25) is 4.79 Å². The molecule has 0 bridgehead atoms. The highest BCUT2D eigenvalue weighted by molar-refractivity contribution is 6.25. The van der Waals surface area contributed by atoms with Crippen LogP contribution in [0.1, 0.15) is 36.0 Å². The summed E-state index contributed by atoms with van der Waals surface area (Å²) >= 11 is 0. The summed E-state index contributed by atoms with van der Waals surface area (Å²) in [5.74, 6) is 0.717. The minimum Gasteiger partial charge on any atom is -0.467 e. The number of ether oxygens (including phenoxy) is 1. The molecule has 0 spiro atoms. The molecule has 110 valence electrons. The molecule has 1 atom stereocenters. The van der Waals surface area contributed by atoms with Gasteiger partial charge in [0, 0.05) is 12.5 Å². The predicted octanol–water partition coefficient (Wildman–Crippen LogP) is 3.27. The van der Waals surface area contributed by atoms with E-state index in [-0.39, 0.29) is 5.78 Å². The number of Topliss-reactive ketones (excluding diaryl/α,β-unsaturated/α-hetero) is 1. The van der Waals surface area contributed by atoms with Crippen LogP contribution in [0, 0.1) is 13.8 Å². The van der Waals surface area contributed by atoms with Crippen molar-refractivity contribution in [1.29, 1.82) is 0 Å². The van der Waals surface area contributed by atoms with Crippen molar-refractivity contribution in [2.75, 3.05) is 0 Å². The number of hydrogen-bond donors (Lipinski definition) is 1. The number of rotatable bonds is 5. The van der Waals surface area contributed by atoms with Gasteiger partial charge >= 0.3 is 0 Å². The van der Waals surface area contributed by atoms with E-state index >= 15 is 0 Å². The van der Waals surface area contributed by atoms with Gasteiger partial charge in [0.25, 0.3) is 0 Å². The Hall–Kier alpha value is -2.03. The zero-order chi connectivity index (χ0) is 15.0. The SMILES string of the molecule is C=CCC1OC(NC2CC2)=C(c2cc(C)ccc2C)C1=O. The van der Waals surface area contributed by atoms with Gasteiger partial charge in [-0.15, -0.1) is 6.58 Å². The Kier molecular flexibility index (Phi) is 3.58. The molecule has 1 fully saturated rings. The number of carbonyl (C=O) groups excluding carboxylic acids is 1. The second kappa shape index (κ2) is 5.40. The summed E-state index contributed by atoms with van der Waals surface area (Å²) in [6.07, 6.45) is 4.14. The Morgan fingerprint density at radius 3 is 2.81 bits per heavy atom. The Bertz CT molecular complexity index is 626. The van der Waals surface area contributed by atoms with Crippen LogP contribution in [0.15, 0.2) is 36.7 Å². The van der Waals surface area contributed by atoms with Crippen LogP contribution < -0.4 is 5.32 Å². The summed E-state index contributed by atoms with van der Waals surface area (Å²) in [4.78, 5) is 12.7. The standard InChI is InChI=1S/C18H21NO2/c1-4-5-15-17(20)16(18(21-15)19-13-8-9-13)14-10-11(2)6-7-12(14)3/h4,6-7,10,13,15,19H,1,5,8-9H2,2-3H3. The van der Waals surface area contributed by atoms with Gasteiger partial charge in [0.1, 0.15) is 0 Å². The first-order valence-electron chi connectivity index (χ1n) is 7.50. The third kappa shape index (κ3) is 2.73. The zero-order valence-electron chi connectivity index (χ0n) is 12.6. The molecule has 1 heterocycles. The molecule has 1 saturated carbocycles. The molecule has 1 unspecified atom stereocenters.